The first-order valence-electron chi connectivity index (χ1n) is 15.3. The smallest absolute Gasteiger partial charge is 0.221 e. The molecule has 5 rings (SSSR count). The fraction of sp³-hybridized carbons (Fsp3) is 0.459. The Bertz CT molecular complexity index is 1540. The van der Waals surface area contributed by atoms with E-state index in [1.807, 2.05) is 6.08 Å². The third-order valence-corrected chi connectivity index (χ3v) is 10.3. The van der Waals surface area contributed by atoms with Crippen molar-refractivity contribution in [2.45, 2.75) is 90.5 Å². The molecule has 0 saturated carbocycles. The minimum absolute atomic E-state index is 0.103. The minimum atomic E-state index is -0.454. The average molecular weight is 539 g/mol. The van der Waals surface area contributed by atoms with Gasteiger partial charge in [0.25, 0.3) is 0 Å². The number of unbranched alkanes of at least 4 members (excludes halogenated alkanes) is 1. The Balaban J connectivity index is 1.94. The van der Waals surface area contributed by atoms with E-state index in [1.54, 1.807) is 6.07 Å². The van der Waals surface area contributed by atoms with E-state index in [2.05, 4.69) is 108 Å². The molecule has 2 heterocycles. The topological polar surface area (TPSA) is 6.89 Å². The van der Waals surface area contributed by atoms with E-state index in [1.165, 1.54) is 33.2 Å². The first-order valence-corrected chi connectivity index (χ1v) is 15.3. The van der Waals surface area contributed by atoms with Crippen LogP contribution in [0.4, 0.5) is 4.39 Å². The molecule has 210 valence electrons. The third kappa shape index (κ3) is 3.95. The SMILES string of the molecule is C=CC(=C)C(C[N+](C)=CC)C1c2ccc(F)c3c2-c2c4c(cc(CCCC)cc4cc[n+]2C1(CC)CC)C3(C)C. The molecule has 2 unspecified atom stereocenters. The van der Waals surface area contributed by atoms with Crippen LogP contribution < -0.4 is 4.57 Å². The lowest BCUT2D eigenvalue weighted by Crippen LogP contribution is -2.64. The number of benzene rings is 2. The van der Waals surface area contributed by atoms with E-state index in [9.17, 15) is 0 Å². The van der Waals surface area contributed by atoms with E-state index in [4.69, 9.17) is 0 Å². The monoisotopic (exact) mass is 538 g/mol. The summed E-state index contributed by atoms with van der Waals surface area (Å²) in [4.78, 5) is 0. The molecular formula is C37H47FN2+2. The van der Waals surface area contributed by atoms with Gasteiger partial charge >= 0.3 is 0 Å². The molecule has 0 fully saturated rings. The van der Waals surface area contributed by atoms with Crippen molar-refractivity contribution in [2.75, 3.05) is 13.6 Å². The molecule has 3 aromatic rings. The molecule has 2 aliphatic rings. The lowest BCUT2D eigenvalue weighted by Gasteiger charge is -2.46. The number of allylic oxidation sites excluding steroid dienone is 1. The van der Waals surface area contributed by atoms with Gasteiger partial charge in [-0.05, 0) is 46.6 Å². The molecule has 1 aliphatic heterocycles. The van der Waals surface area contributed by atoms with Crippen molar-refractivity contribution >= 4 is 17.0 Å². The van der Waals surface area contributed by atoms with Crippen molar-refractivity contribution in [3.8, 4) is 11.3 Å². The lowest BCUT2D eigenvalue weighted by atomic mass is 9.59. The molecule has 0 N–H and O–H groups in total. The fourth-order valence-corrected chi connectivity index (χ4v) is 8.03. The van der Waals surface area contributed by atoms with Gasteiger partial charge in [0.1, 0.15) is 25.6 Å². The Labute approximate surface area is 241 Å². The van der Waals surface area contributed by atoms with E-state index in [0.717, 1.165) is 55.3 Å². The highest BCUT2D eigenvalue weighted by molar-refractivity contribution is 6.01. The van der Waals surface area contributed by atoms with Crippen molar-refractivity contribution in [1.29, 1.82) is 0 Å². The van der Waals surface area contributed by atoms with Crippen molar-refractivity contribution in [3.63, 3.8) is 0 Å². The largest absolute Gasteiger partial charge is 0.242 e. The summed E-state index contributed by atoms with van der Waals surface area (Å²) in [5, 5.41) is 2.57. The van der Waals surface area contributed by atoms with E-state index >= 15 is 4.39 Å². The van der Waals surface area contributed by atoms with Crippen molar-refractivity contribution < 1.29 is 13.5 Å². The van der Waals surface area contributed by atoms with Crippen LogP contribution in [-0.2, 0) is 17.4 Å². The van der Waals surface area contributed by atoms with Gasteiger partial charge in [-0.25, -0.2) is 8.97 Å². The maximum Gasteiger partial charge on any atom is 0.221 e. The van der Waals surface area contributed by atoms with Gasteiger partial charge in [-0.1, -0.05) is 78.5 Å². The minimum Gasteiger partial charge on any atom is -0.242 e. The highest BCUT2D eigenvalue weighted by atomic mass is 19.1. The summed E-state index contributed by atoms with van der Waals surface area (Å²) in [6.07, 6.45) is 11.7. The van der Waals surface area contributed by atoms with Gasteiger partial charge in [0.2, 0.25) is 5.69 Å². The second-order valence-corrected chi connectivity index (χ2v) is 12.6. The maximum atomic E-state index is 16.2. The highest BCUT2D eigenvalue weighted by Gasteiger charge is 2.58. The predicted molar refractivity (Wildman–Crippen MR) is 167 cm³/mol. The Kier molecular flexibility index (Phi) is 7.40. The Morgan fingerprint density at radius 2 is 1.88 bits per heavy atom. The number of aryl methyl sites for hydroxylation is 1. The highest BCUT2D eigenvalue weighted by Crippen LogP contribution is 2.58. The maximum absolute atomic E-state index is 16.2. The zero-order valence-corrected chi connectivity index (χ0v) is 25.7. The summed E-state index contributed by atoms with van der Waals surface area (Å²) >= 11 is 0. The first-order chi connectivity index (χ1) is 19.1. The predicted octanol–water partition coefficient (Wildman–Crippen LogP) is 8.62. The Morgan fingerprint density at radius 1 is 1.15 bits per heavy atom. The van der Waals surface area contributed by atoms with Gasteiger partial charge in [-0.3, -0.25) is 0 Å². The molecule has 3 heteroatoms. The molecule has 2 aromatic carbocycles. The molecular weight excluding hydrogens is 491 g/mol. The van der Waals surface area contributed by atoms with Crippen LogP contribution in [0.5, 0.6) is 0 Å². The molecule has 2 nitrogen and oxygen atoms in total. The summed E-state index contributed by atoms with van der Waals surface area (Å²) in [7, 11) is 2.13. The standard InChI is InChI=1S/C37H47FN2/c1-10-15-16-25-21-26-19-20-40-35-31(26)29(22-25)36(7,8)34-30(38)18-17-27(32(34)35)33(37(40,12-3)13-4)28(24(6)11-2)23-39(9)14-5/h11,14,17-22,28,33H,2,6,10,12-13,15-16,23H2,1,3-5,7-9H3/q+2. The van der Waals surface area contributed by atoms with E-state index in [0.29, 0.717) is 0 Å². The van der Waals surface area contributed by atoms with Crippen LogP contribution in [0.2, 0.25) is 0 Å². The van der Waals surface area contributed by atoms with Gasteiger partial charge in [0.15, 0.2) is 11.7 Å². The quantitative estimate of drug-likeness (QED) is 0.139. The number of hydrogen-bond acceptors (Lipinski definition) is 0. The van der Waals surface area contributed by atoms with Crippen molar-refractivity contribution in [2.24, 2.45) is 5.92 Å². The van der Waals surface area contributed by atoms with Crippen LogP contribution >= 0.6 is 0 Å². The molecule has 0 spiro atoms. The number of nitrogens with zero attached hydrogens (tertiary/aromatic N) is 2. The van der Waals surface area contributed by atoms with Crippen LogP contribution in [0, 0.1) is 11.7 Å². The number of aromatic nitrogens is 1. The molecule has 2 atom stereocenters. The summed E-state index contributed by atoms with van der Waals surface area (Å²) in [6, 6.07) is 10.9. The molecule has 0 radical (unpaired) electrons. The van der Waals surface area contributed by atoms with Crippen molar-refractivity contribution in [3.05, 3.63) is 89.4 Å². The average Bonchev–Trinajstić information content (AvgIpc) is 2.96. The second-order valence-electron chi connectivity index (χ2n) is 12.6. The van der Waals surface area contributed by atoms with Crippen molar-refractivity contribution in [1.82, 2.24) is 0 Å². The van der Waals surface area contributed by atoms with Crippen LogP contribution in [0.1, 0.15) is 95.4 Å². The summed E-state index contributed by atoms with van der Waals surface area (Å²) in [5.41, 5.74) is 7.44. The number of rotatable bonds is 10. The van der Waals surface area contributed by atoms with Crippen LogP contribution in [0.15, 0.2) is 61.3 Å². The Hall–Kier alpha value is -3.07. The van der Waals surface area contributed by atoms with Gasteiger partial charge in [0, 0.05) is 36.8 Å². The molecule has 1 aromatic heterocycles. The third-order valence-electron chi connectivity index (χ3n) is 10.3. The summed E-state index contributed by atoms with van der Waals surface area (Å²) < 4.78 is 21.0. The lowest BCUT2D eigenvalue weighted by molar-refractivity contribution is -0.763. The van der Waals surface area contributed by atoms with Gasteiger partial charge in [0.05, 0.1) is 22.8 Å². The second kappa shape index (κ2) is 10.4. The number of pyridine rings is 1. The zero-order valence-electron chi connectivity index (χ0n) is 25.7. The molecule has 0 saturated heterocycles. The van der Waals surface area contributed by atoms with Crippen LogP contribution in [0.3, 0.4) is 0 Å². The number of halogens is 1. The first kappa shape index (κ1) is 28.5. The van der Waals surface area contributed by atoms with E-state index in [-0.39, 0.29) is 23.2 Å². The normalized spacial score (nSPS) is 19.0. The molecule has 40 heavy (non-hydrogen) atoms. The van der Waals surface area contributed by atoms with E-state index < -0.39 is 5.41 Å². The Morgan fingerprint density at radius 3 is 2.50 bits per heavy atom. The molecule has 0 amide bonds. The van der Waals surface area contributed by atoms with Gasteiger partial charge in [-0.15, -0.1) is 0 Å². The van der Waals surface area contributed by atoms with Crippen LogP contribution in [-0.4, -0.2) is 24.4 Å². The van der Waals surface area contributed by atoms with Gasteiger partial charge < -0.3 is 0 Å². The summed E-state index contributed by atoms with van der Waals surface area (Å²) in [5.74, 6) is 0.153. The molecule has 1 aliphatic carbocycles. The molecule has 0 bridgehead atoms. The van der Waals surface area contributed by atoms with Gasteiger partial charge in [-0.2, -0.15) is 4.57 Å². The summed E-state index contributed by atoms with van der Waals surface area (Å²) in [6.45, 7) is 22.9. The number of hydrogen-bond donors (Lipinski definition) is 0. The van der Waals surface area contributed by atoms with Crippen LogP contribution in [0.25, 0.3) is 22.0 Å². The zero-order chi connectivity index (χ0) is 29.0. The fourth-order valence-electron chi connectivity index (χ4n) is 8.03.